The van der Waals surface area contributed by atoms with Gasteiger partial charge in [-0.2, -0.15) is 0 Å². The van der Waals surface area contributed by atoms with Crippen molar-refractivity contribution in [3.05, 3.63) is 94.9 Å². The molecule has 47 heavy (non-hydrogen) atoms. The molecule has 1 saturated heterocycles. The van der Waals surface area contributed by atoms with Gasteiger partial charge in [0.15, 0.2) is 0 Å². The molecule has 0 saturated carbocycles. The third-order valence-electron chi connectivity index (χ3n) is 8.72. The number of carbonyl (C=O) groups excluding carboxylic acids is 3. The fourth-order valence-electron chi connectivity index (χ4n) is 6.21. The third-order valence-corrected chi connectivity index (χ3v) is 8.72. The Labute approximate surface area is 275 Å². The Morgan fingerprint density at radius 1 is 0.957 bits per heavy atom. The zero-order valence-corrected chi connectivity index (χ0v) is 27.9. The van der Waals surface area contributed by atoms with Crippen LogP contribution in [0.5, 0.6) is 0 Å². The molecule has 0 radical (unpaired) electrons. The fourth-order valence-corrected chi connectivity index (χ4v) is 6.21. The Morgan fingerprint density at radius 2 is 1.68 bits per heavy atom. The summed E-state index contributed by atoms with van der Waals surface area (Å²) in [4.78, 5) is 51.8. The van der Waals surface area contributed by atoms with Gasteiger partial charge in [0.05, 0.1) is 11.3 Å². The van der Waals surface area contributed by atoms with Crippen LogP contribution in [0.3, 0.4) is 0 Å². The van der Waals surface area contributed by atoms with E-state index in [2.05, 4.69) is 20.5 Å². The maximum atomic E-state index is 14.3. The van der Waals surface area contributed by atoms with Gasteiger partial charge in [-0.1, -0.05) is 31.2 Å². The van der Waals surface area contributed by atoms with Crippen molar-refractivity contribution >= 4 is 40.1 Å². The Hall–Kier alpha value is -4.90. The smallest absolute Gasteiger partial charge is 0.318 e. The van der Waals surface area contributed by atoms with E-state index in [4.69, 9.17) is 0 Å². The molecule has 248 valence electrons. The van der Waals surface area contributed by atoms with E-state index in [1.54, 1.807) is 31.1 Å². The number of fused-ring (bicyclic) bond motifs is 1. The number of aryl methyl sites for hydroxylation is 1. The summed E-state index contributed by atoms with van der Waals surface area (Å²) in [6.45, 7) is 6.44. The van der Waals surface area contributed by atoms with E-state index >= 15 is 0 Å². The molecule has 1 aromatic heterocycles. The summed E-state index contributed by atoms with van der Waals surface area (Å²) in [5.74, 6) is -1.36. The number of aromatic amines is 1. The van der Waals surface area contributed by atoms with Gasteiger partial charge >= 0.3 is 6.03 Å². The minimum absolute atomic E-state index is 0.240. The first-order valence-corrected chi connectivity index (χ1v) is 15.9. The maximum absolute atomic E-state index is 14.3. The first-order chi connectivity index (χ1) is 22.4. The minimum atomic E-state index is -0.959. The number of amides is 4. The van der Waals surface area contributed by atoms with E-state index in [9.17, 15) is 18.8 Å². The highest BCUT2D eigenvalue weighted by molar-refractivity contribution is 6.06. The lowest BCUT2D eigenvalue weighted by Gasteiger charge is -2.37. The Morgan fingerprint density at radius 3 is 2.36 bits per heavy atom. The number of carbonyl (C=O) groups is 3. The Balaban J connectivity index is 1.41. The number of nitrogens with zero attached hydrogens (tertiary/aromatic N) is 4. The first-order valence-electron chi connectivity index (χ1n) is 15.9. The van der Waals surface area contributed by atoms with Crippen LogP contribution in [0.15, 0.2) is 66.9 Å². The van der Waals surface area contributed by atoms with E-state index in [0.29, 0.717) is 44.0 Å². The second-order valence-electron chi connectivity index (χ2n) is 12.7. The average Bonchev–Trinajstić information content (AvgIpc) is 3.47. The number of hydrogen-bond donors (Lipinski definition) is 3. The summed E-state index contributed by atoms with van der Waals surface area (Å²) < 4.78 is 13.7. The molecule has 5 rings (SSSR count). The molecule has 2 unspecified atom stereocenters. The molecule has 2 atom stereocenters. The highest BCUT2D eigenvalue weighted by atomic mass is 19.1. The predicted molar refractivity (Wildman–Crippen MR) is 184 cm³/mol. The highest BCUT2D eigenvalue weighted by Crippen LogP contribution is 2.30. The van der Waals surface area contributed by atoms with Crippen LogP contribution in [0.4, 0.5) is 20.6 Å². The van der Waals surface area contributed by atoms with Gasteiger partial charge in [0.1, 0.15) is 11.9 Å². The number of rotatable bonds is 9. The quantitative estimate of drug-likeness (QED) is 0.238. The van der Waals surface area contributed by atoms with Gasteiger partial charge in [-0.3, -0.25) is 9.59 Å². The van der Waals surface area contributed by atoms with Gasteiger partial charge in [-0.15, -0.1) is 0 Å². The molecule has 2 heterocycles. The number of urea groups is 1. The van der Waals surface area contributed by atoms with Crippen molar-refractivity contribution in [2.75, 3.05) is 64.6 Å². The van der Waals surface area contributed by atoms with Crippen LogP contribution in [0.2, 0.25) is 0 Å². The number of anilines is 2. The van der Waals surface area contributed by atoms with Crippen LogP contribution in [0.1, 0.15) is 39.9 Å². The van der Waals surface area contributed by atoms with Crippen molar-refractivity contribution in [1.82, 2.24) is 25.0 Å². The molecule has 0 bridgehead atoms. The third kappa shape index (κ3) is 7.57. The number of para-hydroxylation sites is 1. The molecule has 3 aromatic carbocycles. The van der Waals surface area contributed by atoms with Crippen LogP contribution < -0.4 is 15.5 Å². The fraction of sp³-hybridized carbons (Fsp3) is 0.361. The summed E-state index contributed by atoms with van der Waals surface area (Å²) >= 11 is 0. The average molecular weight is 642 g/mol. The summed E-state index contributed by atoms with van der Waals surface area (Å²) in [6.07, 6.45) is 1.88. The van der Waals surface area contributed by atoms with Gasteiger partial charge in [0.2, 0.25) is 5.91 Å². The zero-order chi connectivity index (χ0) is 33.8. The molecular weight excluding hydrogens is 597 g/mol. The number of piperazine rings is 1. The van der Waals surface area contributed by atoms with E-state index in [1.807, 2.05) is 75.4 Å². The molecule has 4 aromatic rings. The highest BCUT2D eigenvalue weighted by Gasteiger charge is 2.33. The maximum Gasteiger partial charge on any atom is 0.318 e. The number of aromatic nitrogens is 1. The normalized spacial score (nSPS) is 14.6. The monoisotopic (exact) mass is 641 g/mol. The summed E-state index contributed by atoms with van der Waals surface area (Å²) in [5.41, 5.74) is 5.29. The molecule has 0 spiro atoms. The molecule has 3 N–H and O–H groups in total. The molecule has 1 aliphatic heterocycles. The molecule has 0 aliphatic carbocycles. The molecule has 4 amide bonds. The second-order valence-corrected chi connectivity index (χ2v) is 12.7. The molecule has 1 fully saturated rings. The van der Waals surface area contributed by atoms with Crippen molar-refractivity contribution in [1.29, 1.82) is 0 Å². The van der Waals surface area contributed by atoms with Gasteiger partial charge < -0.3 is 35.2 Å². The lowest BCUT2D eigenvalue weighted by Crippen LogP contribution is -2.56. The predicted octanol–water partition coefficient (Wildman–Crippen LogP) is 5.02. The van der Waals surface area contributed by atoms with Crippen molar-refractivity contribution < 1.29 is 18.8 Å². The van der Waals surface area contributed by atoms with Crippen LogP contribution >= 0.6 is 0 Å². The summed E-state index contributed by atoms with van der Waals surface area (Å²) in [6, 6.07) is 16.7. The Bertz CT molecular complexity index is 1760. The number of H-pyrrole nitrogens is 1. The topological polar surface area (TPSA) is 104 Å². The summed E-state index contributed by atoms with van der Waals surface area (Å²) in [7, 11) is 7.24. The second kappa shape index (κ2) is 14.3. The number of nitrogens with one attached hydrogen (secondary N) is 3. The number of benzene rings is 3. The molecular formula is C36H44FN7O3. The van der Waals surface area contributed by atoms with Crippen LogP contribution in [-0.2, 0) is 11.3 Å². The lowest BCUT2D eigenvalue weighted by atomic mass is 9.92. The van der Waals surface area contributed by atoms with Gasteiger partial charge in [0.25, 0.3) is 5.91 Å². The van der Waals surface area contributed by atoms with E-state index in [0.717, 1.165) is 33.3 Å². The SMILES string of the molecule is Cc1cc(F)ccc1N1CCN(C(=O)NC(C(=O)Nc2cc(CN(C)C)ccc2C(=O)N(C)C)C(C)c2c[nH]c3ccccc23)CC1. The van der Waals surface area contributed by atoms with Gasteiger partial charge in [-0.25, -0.2) is 9.18 Å². The van der Waals surface area contributed by atoms with Crippen LogP contribution in [-0.4, -0.2) is 97.9 Å². The van der Waals surface area contributed by atoms with E-state index in [1.165, 1.54) is 17.0 Å². The summed E-state index contributed by atoms with van der Waals surface area (Å²) in [5, 5.41) is 7.02. The zero-order valence-electron chi connectivity index (χ0n) is 27.9. The van der Waals surface area contributed by atoms with Crippen molar-refractivity contribution in [3.8, 4) is 0 Å². The number of hydrogen-bond acceptors (Lipinski definition) is 5. The molecule has 11 heteroatoms. The largest absolute Gasteiger partial charge is 0.368 e. The van der Waals surface area contributed by atoms with Crippen molar-refractivity contribution in [2.24, 2.45) is 0 Å². The molecule has 10 nitrogen and oxygen atoms in total. The van der Waals surface area contributed by atoms with Crippen LogP contribution in [0.25, 0.3) is 10.9 Å². The lowest BCUT2D eigenvalue weighted by molar-refractivity contribution is -0.118. The van der Waals surface area contributed by atoms with Gasteiger partial charge in [0, 0.05) is 75.5 Å². The van der Waals surface area contributed by atoms with Crippen molar-refractivity contribution in [2.45, 2.75) is 32.4 Å². The first kappa shape index (κ1) is 33.5. The van der Waals surface area contributed by atoms with E-state index in [-0.39, 0.29) is 17.8 Å². The number of halogens is 1. The van der Waals surface area contributed by atoms with E-state index < -0.39 is 17.9 Å². The minimum Gasteiger partial charge on any atom is -0.368 e. The van der Waals surface area contributed by atoms with Crippen molar-refractivity contribution in [3.63, 3.8) is 0 Å². The standard InChI is InChI=1S/C36H44FN7O3/c1-23-19-26(37)12-14-32(23)43-15-17-44(18-16-43)36(47)40-33(24(2)29-21-38-30-10-8-7-9-27(29)30)34(45)39-31-20-25(22-41(3)4)11-13-28(31)35(46)42(5)6/h7-14,19-21,24,33,38H,15-18,22H2,1-6H3,(H,39,45)(H,40,47). The Kier molecular flexibility index (Phi) is 10.1. The molecule has 1 aliphatic rings. The van der Waals surface area contributed by atoms with Crippen LogP contribution in [0, 0.1) is 12.7 Å². The van der Waals surface area contributed by atoms with Gasteiger partial charge in [-0.05, 0) is 74.1 Å².